The predicted octanol–water partition coefficient (Wildman–Crippen LogP) is 1.96. The van der Waals surface area contributed by atoms with Gasteiger partial charge in [-0.3, -0.25) is 4.79 Å². The van der Waals surface area contributed by atoms with Gasteiger partial charge in [-0.15, -0.1) is 0 Å². The van der Waals surface area contributed by atoms with Gasteiger partial charge in [-0.1, -0.05) is 11.3 Å². The minimum Gasteiger partial charge on any atom is -0.356 e. The highest BCUT2D eigenvalue weighted by molar-refractivity contribution is 7.14. The molecule has 0 saturated heterocycles. The molecule has 126 valence electrons. The highest BCUT2D eigenvalue weighted by Gasteiger charge is 2.16. The molecular formula is C16H25N5OS. The van der Waals surface area contributed by atoms with E-state index in [1.165, 1.54) is 4.88 Å². The van der Waals surface area contributed by atoms with Crippen LogP contribution in [0.1, 0.15) is 40.4 Å². The van der Waals surface area contributed by atoms with Crippen molar-refractivity contribution in [1.82, 2.24) is 20.1 Å². The maximum Gasteiger partial charge on any atom is 0.220 e. The number of aryl methyl sites for hydroxylation is 3. The normalized spacial score (nSPS) is 11.0. The van der Waals surface area contributed by atoms with Crippen LogP contribution in [0.4, 0.5) is 0 Å². The zero-order valence-electron chi connectivity index (χ0n) is 14.3. The summed E-state index contributed by atoms with van der Waals surface area (Å²) in [7, 11) is 0. The Balaban J connectivity index is 2.07. The molecule has 0 bridgehead atoms. The molecule has 0 aliphatic carbocycles. The summed E-state index contributed by atoms with van der Waals surface area (Å²) in [6, 6.07) is 0. The second kappa shape index (κ2) is 7.70. The van der Waals surface area contributed by atoms with Crippen molar-refractivity contribution in [2.24, 2.45) is 5.73 Å². The van der Waals surface area contributed by atoms with E-state index in [0.717, 1.165) is 34.2 Å². The van der Waals surface area contributed by atoms with Crippen LogP contribution >= 0.6 is 11.3 Å². The van der Waals surface area contributed by atoms with Crippen LogP contribution in [0.2, 0.25) is 0 Å². The maximum atomic E-state index is 11.8. The first-order valence-corrected chi connectivity index (χ1v) is 8.72. The molecule has 2 rings (SSSR count). The smallest absolute Gasteiger partial charge is 0.220 e. The molecule has 0 saturated carbocycles. The first-order valence-electron chi connectivity index (χ1n) is 7.90. The molecule has 0 atom stereocenters. The third-order valence-electron chi connectivity index (χ3n) is 3.94. The number of carbonyl (C=O) groups excluding carboxylic acids is 1. The number of hydrogen-bond acceptors (Lipinski definition) is 5. The molecule has 7 heteroatoms. The lowest BCUT2D eigenvalue weighted by atomic mass is 10.1. The molecule has 6 nitrogen and oxygen atoms in total. The standard InChI is InChI=1S/C16H25N5OS/c1-10-13(4)23-16(19-10)21-12(3)14(11(2)20-21)6-7-15(22)18-9-5-8-17/h5-9,17H2,1-4H3,(H,18,22). The van der Waals surface area contributed by atoms with E-state index in [2.05, 4.69) is 22.3 Å². The fourth-order valence-electron chi connectivity index (χ4n) is 2.43. The summed E-state index contributed by atoms with van der Waals surface area (Å²) in [6.45, 7) is 9.33. The van der Waals surface area contributed by atoms with E-state index in [4.69, 9.17) is 5.73 Å². The average molecular weight is 335 g/mol. The van der Waals surface area contributed by atoms with Gasteiger partial charge in [0.25, 0.3) is 0 Å². The van der Waals surface area contributed by atoms with Gasteiger partial charge in [0.2, 0.25) is 11.0 Å². The van der Waals surface area contributed by atoms with Crippen molar-refractivity contribution in [2.75, 3.05) is 13.1 Å². The fourth-order valence-corrected chi connectivity index (χ4v) is 3.34. The van der Waals surface area contributed by atoms with Crippen molar-refractivity contribution in [2.45, 2.75) is 47.0 Å². The SMILES string of the molecule is Cc1nc(-n2nc(C)c(CCC(=O)NCCCN)c2C)sc1C. The molecule has 3 N–H and O–H groups in total. The number of aromatic nitrogens is 3. The third kappa shape index (κ3) is 4.17. The lowest BCUT2D eigenvalue weighted by molar-refractivity contribution is -0.121. The van der Waals surface area contributed by atoms with Gasteiger partial charge in [0.05, 0.1) is 11.4 Å². The lowest BCUT2D eigenvalue weighted by Gasteiger charge is -2.05. The molecule has 0 radical (unpaired) electrons. The molecule has 23 heavy (non-hydrogen) atoms. The van der Waals surface area contributed by atoms with Gasteiger partial charge < -0.3 is 11.1 Å². The van der Waals surface area contributed by atoms with Crippen LogP contribution < -0.4 is 11.1 Å². The number of rotatable bonds is 7. The van der Waals surface area contributed by atoms with E-state index in [1.54, 1.807) is 11.3 Å². The van der Waals surface area contributed by atoms with Crippen molar-refractivity contribution >= 4 is 17.2 Å². The summed E-state index contributed by atoms with van der Waals surface area (Å²) in [4.78, 5) is 17.6. The van der Waals surface area contributed by atoms with Crippen LogP contribution in [0.25, 0.3) is 5.13 Å². The van der Waals surface area contributed by atoms with Crippen LogP contribution in [0.5, 0.6) is 0 Å². The van der Waals surface area contributed by atoms with Gasteiger partial charge in [0.1, 0.15) is 0 Å². The number of thiazole rings is 1. The Morgan fingerprint density at radius 1 is 1.26 bits per heavy atom. The maximum absolute atomic E-state index is 11.8. The van der Waals surface area contributed by atoms with Gasteiger partial charge in [-0.2, -0.15) is 5.10 Å². The number of amides is 1. The van der Waals surface area contributed by atoms with Crippen molar-refractivity contribution in [3.63, 3.8) is 0 Å². The molecule has 0 fully saturated rings. The molecule has 0 aliphatic rings. The van der Waals surface area contributed by atoms with Gasteiger partial charge in [0, 0.05) is 23.5 Å². The van der Waals surface area contributed by atoms with Crippen LogP contribution in [-0.4, -0.2) is 33.8 Å². The molecule has 0 unspecified atom stereocenters. The zero-order valence-corrected chi connectivity index (χ0v) is 15.1. The number of nitrogens with one attached hydrogen (secondary N) is 1. The molecule has 2 aromatic heterocycles. The summed E-state index contributed by atoms with van der Waals surface area (Å²) in [5.41, 5.74) is 9.61. The van der Waals surface area contributed by atoms with Gasteiger partial charge in [0.15, 0.2) is 0 Å². The first-order chi connectivity index (χ1) is 10.9. The van der Waals surface area contributed by atoms with E-state index in [-0.39, 0.29) is 5.91 Å². The van der Waals surface area contributed by atoms with Crippen LogP contribution in [0, 0.1) is 27.7 Å². The van der Waals surface area contributed by atoms with Gasteiger partial charge >= 0.3 is 0 Å². The molecule has 0 aromatic carbocycles. The van der Waals surface area contributed by atoms with E-state index >= 15 is 0 Å². The summed E-state index contributed by atoms with van der Waals surface area (Å²) in [5, 5.41) is 8.38. The summed E-state index contributed by atoms with van der Waals surface area (Å²) < 4.78 is 1.89. The lowest BCUT2D eigenvalue weighted by Crippen LogP contribution is -2.26. The molecule has 1 amide bonds. The Kier molecular flexibility index (Phi) is 5.90. The second-order valence-electron chi connectivity index (χ2n) is 5.69. The van der Waals surface area contributed by atoms with Crippen LogP contribution in [0.15, 0.2) is 0 Å². The molecule has 2 aromatic rings. The Bertz CT molecular complexity index is 669. The van der Waals surface area contributed by atoms with Crippen molar-refractivity contribution in [3.05, 3.63) is 27.5 Å². The largest absolute Gasteiger partial charge is 0.356 e. The third-order valence-corrected chi connectivity index (χ3v) is 4.99. The quantitative estimate of drug-likeness (QED) is 0.757. The Hall–Kier alpha value is -1.73. The van der Waals surface area contributed by atoms with Gasteiger partial charge in [-0.05, 0) is 52.6 Å². The summed E-state index contributed by atoms with van der Waals surface area (Å²) in [6.07, 6.45) is 1.97. The van der Waals surface area contributed by atoms with Crippen LogP contribution in [-0.2, 0) is 11.2 Å². The number of nitrogens with two attached hydrogens (primary N) is 1. The zero-order chi connectivity index (χ0) is 17.0. The number of carbonyl (C=O) groups is 1. The summed E-state index contributed by atoms with van der Waals surface area (Å²) >= 11 is 1.64. The average Bonchev–Trinajstić information content (AvgIpc) is 2.97. The molecular weight excluding hydrogens is 310 g/mol. The van der Waals surface area contributed by atoms with E-state index in [1.807, 2.05) is 25.5 Å². The van der Waals surface area contributed by atoms with Crippen molar-refractivity contribution in [1.29, 1.82) is 0 Å². The molecule has 0 spiro atoms. The summed E-state index contributed by atoms with van der Waals surface area (Å²) in [5.74, 6) is 0.0611. The fraction of sp³-hybridized carbons (Fsp3) is 0.562. The second-order valence-corrected chi connectivity index (χ2v) is 6.87. The highest BCUT2D eigenvalue weighted by atomic mass is 32.1. The van der Waals surface area contributed by atoms with Crippen LogP contribution in [0.3, 0.4) is 0 Å². The molecule has 0 aliphatic heterocycles. The number of hydrogen-bond donors (Lipinski definition) is 2. The minimum atomic E-state index is 0.0611. The van der Waals surface area contributed by atoms with E-state index in [0.29, 0.717) is 25.9 Å². The monoisotopic (exact) mass is 335 g/mol. The Morgan fingerprint density at radius 3 is 2.61 bits per heavy atom. The molecule has 2 heterocycles. The predicted molar refractivity (Wildman–Crippen MR) is 93.2 cm³/mol. The Morgan fingerprint density at radius 2 is 2.00 bits per heavy atom. The first kappa shape index (κ1) is 17.6. The minimum absolute atomic E-state index is 0.0611. The van der Waals surface area contributed by atoms with E-state index in [9.17, 15) is 4.79 Å². The highest BCUT2D eigenvalue weighted by Crippen LogP contribution is 2.24. The van der Waals surface area contributed by atoms with Crippen molar-refractivity contribution in [3.8, 4) is 5.13 Å². The number of nitrogens with zero attached hydrogens (tertiary/aromatic N) is 3. The topological polar surface area (TPSA) is 85.8 Å². The van der Waals surface area contributed by atoms with E-state index < -0.39 is 0 Å². The Labute approximate surface area is 141 Å². The van der Waals surface area contributed by atoms with Crippen molar-refractivity contribution < 1.29 is 4.79 Å². The van der Waals surface area contributed by atoms with Gasteiger partial charge in [-0.25, -0.2) is 9.67 Å².